The third-order valence-electron chi connectivity index (χ3n) is 2.71. The van der Waals surface area contributed by atoms with Crippen molar-refractivity contribution >= 4 is 16.9 Å². The first-order valence-corrected chi connectivity index (χ1v) is 5.47. The van der Waals surface area contributed by atoms with Gasteiger partial charge in [-0.25, -0.2) is 8.78 Å². The lowest BCUT2D eigenvalue weighted by atomic mass is 10.2. The molecule has 6 heteroatoms. The molecule has 0 N–H and O–H groups in total. The summed E-state index contributed by atoms with van der Waals surface area (Å²) in [5, 5.41) is 7.55. The highest BCUT2D eigenvalue weighted by Gasteiger charge is 2.15. The largest absolute Gasteiger partial charge is 0.280 e. The van der Waals surface area contributed by atoms with E-state index in [1.54, 1.807) is 24.3 Å². The molecular formula is C13H7F2N3O. The molecule has 0 saturated heterocycles. The normalized spacial score (nSPS) is 10.8. The number of hydrogen-bond donors (Lipinski definition) is 0. The summed E-state index contributed by atoms with van der Waals surface area (Å²) in [6, 6.07) is 9.83. The Kier molecular flexibility index (Phi) is 2.56. The maximum Gasteiger partial charge on any atom is 0.280 e. The number of para-hydroxylation sites is 1. The monoisotopic (exact) mass is 259 g/mol. The van der Waals surface area contributed by atoms with Crippen molar-refractivity contribution < 1.29 is 13.6 Å². The van der Waals surface area contributed by atoms with Crippen LogP contribution in [-0.2, 0) is 0 Å². The van der Waals surface area contributed by atoms with Crippen LogP contribution in [0.4, 0.5) is 8.78 Å². The van der Waals surface area contributed by atoms with Gasteiger partial charge in [0.15, 0.2) is 11.6 Å². The summed E-state index contributed by atoms with van der Waals surface area (Å²) in [7, 11) is 0. The molecule has 0 aliphatic heterocycles. The molecule has 0 aliphatic carbocycles. The van der Waals surface area contributed by atoms with Crippen LogP contribution in [0.25, 0.3) is 11.0 Å². The Morgan fingerprint density at radius 3 is 2.63 bits per heavy atom. The number of aromatic nitrogens is 3. The maximum atomic E-state index is 13.1. The Bertz CT molecular complexity index is 782. The molecule has 94 valence electrons. The fourth-order valence-electron chi connectivity index (χ4n) is 1.77. The summed E-state index contributed by atoms with van der Waals surface area (Å²) in [5.41, 5.74) is 1.07. The predicted octanol–water partition coefficient (Wildman–Crippen LogP) is 2.40. The van der Waals surface area contributed by atoms with E-state index in [-0.39, 0.29) is 5.56 Å². The van der Waals surface area contributed by atoms with Crippen LogP contribution >= 0.6 is 0 Å². The number of nitrogens with zero attached hydrogens (tertiary/aromatic N) is 3. The fourth-order valence-corrected chi connectivity index (χ4v) is 1.77. The molecular weight excluding hydrogens is 252 g/mol. The van der Waals surface area contributed by atoms with E-state index in [0.29, 0.717) is 11.0 Å². The Morgan fingerprint density at radius 1 is 1.05 bits per heavy atom. The smallest absolute Gasteiger partial charge is 0.267 e. The van der Waals surface area contributed by atoms with Gasteiger partial charge < -0.3 is 0 Å². The van der Waals surface area contributed by atoms with E-state index in [4.69, 9.17) is 0 Å². The zero-order chi connectivity index (χ0) is 13.4. The Labute approximate surface area is 106 Å². The Balaban J connectivity index is 2.11. The van der Waals surface area contributed by atoms with Gasteiger partial charge in [-0.2, -0.15) is 4.68 Å². The van der Waals surface area contributed by atoms with E-state index in [0.717, 1.165) is 16.8 Å². The number of halogens is 2. The number of hydrogen-bond acceptors (Lipinski definition) is 3. The minimum atomic E-state index is -1.07. The molecule has 3 aromatic rings. The van der Waals surface area contributed by atoms with Gasteiger partial charge in [0.2, 0.25) is 0 Å². The van der Waals surface area contributed by atoms with Crippen molar-refractivity contribution in [3.05, 3.63) is 59.7 Å². The molecule has 0 amide bonds. The molecule has 1 aromatic heterocycles. The topological polar surface area (TPSA) is 47.8 Å². The second-order valence-corrected chi connectivity index (χ2v) is 3.92. The Morgan fingerprint density at radius 2 is 1.84 bits per heavy atom. The van der Waals surface area contributed by atoms with E-state index < -0.39 is 17.5 Å². The molecule has 0 spiro atoms. The zero-order valence-electron chi connectivity index (χ0n) is 9.55. The van der Waals surface area contributed by atoms with Crippen molar-refractivity contribution in [1.82, 2.24) is 15.0 Å². The minimum absolute atomic E-state index is 0.00885. The van der Waals surface area contributed by atoms with Crippen molar-refractivity contribution in [2.75, 3.05) is 0 Å². The molecule has 0 bridgehead atoms. The molecule has 0 radical (unpaired) electrons. The van der Waals surface area contributed by atoms with E-state index in [1.165, 1.54) is 6.07 Å². The third-order valence-corrected chi connectivity index (χ3v) is 2.71. The molecule has 0 unspecified atom stereocenters. The van der Waals surface area contributed by atoms with Crippen LogP contribution in [0, 0.1) is 11.6 Å². The van der Waals surface area contributed by atoms with Gasteiger partial charge in [-0.15, -0.1) is 5.10 Å². The summed E-state index contributed by atoms with van der Waals surface area (Å²) < 4.78 is 27.0. The molecule has 0 saturated carbocycles. The lowest BCUT2D eigenvalue weighted by Gasteiger charge is -2.01. The molecule has 2 aromatic carbocycles. The van der Waals surface area contributed by atoms with Crippen molar-refractivity contribution in [2.24, 2.45) is 0 Å². The average molecular weight is 259 g/mol. The first-order valence-electron chi connectivity index (χ1n) is 5.47. The highest BCUT2D eigenvalue weighted by molar-refractivity contribution is 6.00. The number of rotatable bonds is 1. The van der Waals surface area contributed by atoms with Crippen molar-refractivity contribution in [3.63, 3.8) is 0 Å². The van der Waals surface area contributed by atoms with Crippen LogP contribution in [0.3, 0.4) is 0 Å². The first-order chi connectivity index (χ1) is 9.16. The fraction of sp³-hybridized carbons (Fsp3) is 0. The van der Waals surface area contributed by atoms with Gasteiger partial charge in [-0.05, 0) is 30.3 Å². The van der Waals surface area contributed by atoms with Crippen molar-refractivity contribution in [3.8, 4) is 0 Å². The number of benzene rings is 2. The predicted molar refractivity (Wildman–Crippen MR) is 63.6 cm³/mol. The number of fused-ring (bicyclic) bond motifs is 1. The molecule has 1 heterocycles. The lowest BCUT2D eigenvalue weighted by Crippen LogP contribution is -2.14. The standard InChI is InChI=1S/C13H7F2N3O/c14-9-6-5-8(7-10(9)15)13(19)18-12-4-2-1-3-11(12)16-17-18/h1-7H. The number of carbonyl (C=O) groups excluding carboxylic acids is 1. The van der Waals surface area contributed by atoms with E-state index in [2.05, 4.69) is 10.3 Å². The summed E-state index contributed by atoms with van der Waals surface area (Å²) in [6.07, 6.45) is 0. The summed E-state index contributed by atoms with van der Waals surface area (Å²) in [4.78, 5) is 12.2. The van der Waals surface area contributed by atoms with Crippen molar-refractivity contribution in [2.45, 2.75) is 0 Å². The van der Waals surface area contributed by atoms with Crippen molar-refractivity contribution in [1.29, 1.82) is 0 Å². The van der Waals surface area contributed by atoms with E-state index in [9.17, 15) is 13.6 Å². The number of carbonyl (C=O) groups is 1. The third kappa shape index (κ3) is 1.87. The maximum absolute atomic E-state index is 13.1. The molecule has 3 rings (SSSR count). The van der Waals surface area contributed by atoms with Gasteiger partial charge in [0.1, 0.15) is 5.52 Å². The van der Waals surface area contributed by atoms with E-state index >= 15 is 0 Å². The lowest BCUT2D eigenvalue weighted by molar-refractivity contribution is 0.0947. The van der Waals surface area contributed by atoms with Crippen LogP contribution in [0.2, 0.25) is 0 Å². The van der Waals surface area contributed by atoms with Gasteiger partial charge in [0.25, 0.3) is 5.91 Å². The molecule has 0 atom stereocenters. The summed E-state index contributed by atoms with van der Waals surface area (Å²) in [6.45, 7) is 0. The summed E-state index contributed by atoms with van der Waals surface area (Å²) >= 11 is 0. The second-order valence-electron chi connectivity index (χ2n) is 3.92. The summed E-state index contributed by atoms with van der Waals surface area (Å²) in [5.74, 6) is -2.64. The highest BCUT2D eigenvalue weighted by atomic mass is 19.2. The highest BCUT2D eigenvalue weighted by Crippen LogP contribution is 2.14. The first kappa shape index (κ1) is 11.5. The van der Waals surface area contributed by atoms with Gasteiger partial charge in [0, 0.05) is 5.56 Å². The molecule has 0 fully saturated rings. The minimum Gasteiger partial charge on any atom is -0.267 e. The molecule has 19 heavy (non-hydrogen) atoms. The van der Waals surface area contributed by atoms with Gasteiger partial charge in [-0.1, -0.05) is 17.3 Å². The van der Waals surface area contributed by atoms with Crippen LogP contribution < -0.4 is 0 Å². The van der Waals surface area contributed by atoms with Crippen LogP contribution in [-0.4, -0.2) is 20.9 Å². The van der Waals surface area contributed by atoms with E-state index in [1.807, 2.05) is 0 Å². The van der Waals surface area contributed by atoms with Crippen LogP contribution in [0.15, 0.2) is 42.5 Å². The zero-order valence-corrected chi connectivity index (χ0v) is 9.55. The molecule has 0 aliphatic rings. The molecule has 4 nitrogen and oxygen atoms in total. The van der Waals surface area contributed by atoms with Gasteiger partial charge in [-0.3, -0.25) is 4.79 Å². The van der Waals surface area contributed by atoms with Crippen LogP contribution in [0.1, 0.15) is 10.4 Å². The van der Waals surface area contributed by atoms with Gasteiger partial charge >= 0.3 is 0 Å². The average Bonchev–Trinajstić information content (AvgIpc) is 2.85. The van der Waals surface area contributed by atoms with Crippen LogP contribution in [0.5, 0.6) is 0 Å². The quantitative estimate of drug-likeness (QED) is 0.674. The second kappa shape index (κ2) is 4.24. The SMILES string of the molecule is O=C(c1ccc(F)c(F)c1)n1nnc2ccccc21. The van der Waals surface area contributed by atoms with Gasteiger partial charge in [0.05, 0.1) is 5.52 Å². The Hall–Kier alpha value is -2.63.